The number of carbonyl (C=O) groups excluding carboxylic acids is 2. The number of fused-ring (bicyclic) bond motifs is 1. The fraction of sp³-hybridized carbons (Fsp3) is 0.483. The number of rotatable bonds is 3. The van der Waals surface area contributed by atoms with Gasteiger partial charge in [0.2, 0.25) is 11.8 Å². The van der Waals surface area contributed by atoms with Crippen molar-refractivity contribution < 1.29 is 15.8 Å². The highest BCUT2D eigenvalue weighted by Gasteiger charge is 2.30. The molecule has 1 aromatic carbocycles. The first-order valence-corrected chi connectivity index (χ1v) is 12.1. The molecule has 0 saturated carbocycles. The van der Waals surface area contributed by atoms with Gasteiger partial charge in [0.25, 0.3) is 0 Å². The lowest BCUT2D eigenvalue weighted by molar-refractivity contribution is -0.135. The van der Waals surface area contributed by atoms with E-state index >= 15 is 0 Å². The van der Waals surface area contributed by atoms with Crippen LogP contribution in [0.2, 0.25) is 0 Å². The second-order valence-electron chi connectivity index (χ2n) is 10.4. The van der Waals surface area contributed by atoms with Crippen LogP contribution in [0.3, 0.4) is 0 Å². The number of likely N-dealkylation sites (tertiary alicyclic amines) is 1. The molecule has 2 aromatic rings. The molecule has 1 aliphatic heterocycles. The van der Waals surface area contributed by atoms with Gasteiger partial charge < -0.3 is 20.4 Å². The number of carbonyl (C=O) groups is 2. The third kappa shape index (κ3) is 9.36. The van der Waals surface area contributed by atoms with E-state index in [1.54, 1.807) is 25.3 Å². The molecule has 1 aliphatic carbocycles. The molecule has 36 heavy (non-hydrogen) atoms. The lowest BCUT2D eigenvalue weighted by Gasteiger charge is -2.19. The Morgan fingerprint density at radius 1 is 1.17 bits per heavy atom. The molecule has 2 amide bonds. The first-order valence-electron chi connectivity index (χ1n) is 12.1. The molecule has 0 radical (unpaired) electrons. The Labute approximate surface area is 216 Å². The number of nitrogens with one attached hydrogen (secondary N) is 1. The van der Waals surface area contributed by atoms with Crippen LogP contribution in [0.4, 0.5) is 0 Å². The molecule has 7 nitrogen and oxygen atoms in total. The van der Waals surface area contributed by atoms with Crippen LogP contribution in [0.25, 0.3) is 16.5 Å². The van der Waals surface area contributed by atoms with Crippen LogP contribution in [-0.4, -0.2) is 41.4 Å². The summed E-state index contributed by atoms with van der Waals surface area (Å²) in [6, 6.07) is 6.76. The molecule has 1 saturated heterocycles. The van der Waals surface area contributed by atoms with E-state index in [9.17, 15) is 14.4 Å². The maximum absolute atomic E-state index is 12.1. The monoisotopic (exact) mass is 499 g/mol. The Balaban J connectivity index is 0.000000617. The smallest absolute Gasteiger partial charge is 0.240 e. The van der Waals surface area contributed by atoms with E-state index < -0.39 is 5.91 Å². The fourth-order valence-corrected chi connectivity index (χ4v) is 3.77. The minimum Gasteiger partial charge on any atom is -0.497 e. The average Bonchev–Trinajstić information content (AvgIpc) is 3.29. The standard InChI is InChI=1S/C16H15NO2.C7H12N2O2.C5H12.CH4.H2/c1-19-12-7-8-13-15(9-12)17-14(10-16(13)18)11-5-3-2-4-6-11;1-5(10)9-4-2-3-6(9)7(8)11;1-5(2,3)4;;/h3,5-10H,2,4H2,1H3,(H,17,18);6H,2-4H2,1H3,(H2,8,11);1-4H3;1H4;1H/t;6-;;;/m.0.../s1. The van der Waals surface area contributed by atoms with Crippen molar-refractivity contribution in [2.75, 3.05) is 13.7 Å². The van der Waals surface area contributed by atoms with Gasteiger partial charge in [-0.1, -0.05) is 53.3 Å². The molecular formula is C29H45N3O4. The zero-order valence-corrected chi connectivity index (χ0v) is 21.8. The molecular weight excluding hydrogens is 454 g/mol. The van der Waals surface area contributed by atoms with Crippen molar-refractivity contribution >= 4 is 28.3 Å². The number of allylic oxidation sites excluding steroid dienone is 4. The van der Waals surface area contributed by atoms with Crippen LogP contribution in [-0.2, 0) is 9.59 Å². The van der Waals surface area contributed by atoms with E-state index in [1.807, 2.05) is 6.07 Å². The van der Waals surface area contributed by atoms with Gasteiger partial charge >= 0.3 is 0 Å². The highest BCUT2D eigenvalue weighted by atomic mass is 16.5. The van der Waals surface area contributed by atoms with Crippen molar-refractivity contribution in [1.29, 1.82) is 0 Å². The largest absolute Gasteiger partial charge is 0.497 e. The summed E-state index contributed by atoms with van der Waals surface area (Å²) in [7, 11) is 1.62. The van der Waals surface area contributed by atoms with Gasteiger partial charge in [-0.05, 0) is 48.8 Å². The quantitative estimate of drug-likeness (QED) is 0.566. The summed E-state index contributed by atoms with van der Waals surface area (Å²) >= 11 is 0. The first kappa shape index (κ1) is 30.7. The summed E-state index contributed by atoms with van der Waals surface area (Å²) in [5, 5.41) is 0.685. The second-order valence-corrected chi connectivity index (χ2v) is 10.4. The Bertz CT molecular complexity index is 1140. The SMILES string of the molecule is C.CC(=O)N1CCC[C@H]1C(N)=O.CC(C)(C)C.COc1ccc2c(=O)cc(C3=CCCC=C3)[nH]c2c1.[HH]. The maximum atomic E-state index is 12.1. The van der Waals surface area contributed by atoms with E-state index in [0.29, 0.717) is 17.3 Å². The Hall–Kier alpha value is -3.35. The van der Waals surface area contributed by atoms with E-state index in [2.05, 4.69) is 50.9 Å². The van der Waals surface area contributed by atoms with Crippen molar-refractivity contribution in [2.45, 2.75) is 73.8 Å². The van der Waals surface area contributed by atoms with E-state index in [0.717, 1.165) is 48.2 Å². The lowest BCUT2D eigenvalue weighted by atomic mass is 10.0. The van der Waals surface area contributed by atoms with Gasteiger partial charge in [0.1, 0.15) is 11.8 Å². The third-order valence-electron chi connectivity index (χ3n) is 5.33. The van der Waals surface area contributed by atoms with Gasteiger partial charge in [-0.25, -0.2) is 0 Å². The number of pyridine rings is 1. The zero-order valence-electron chi connectivity index (χ0n) is 21.8. The molecule has 4 rings (SSSR count). The second kappa shape index (κ2) is 13.7. The van der Waals surface area contributed by atoms with E-state index in [-0.39, 0.29) is 26.2 Å². The van der Waals surface area contributed by atoms with Crippen LogP contribution in [0.1, 0.15) is 74.8 Å². The van der Waals surface area contributed by atoms with Gasteiger partial charge in [-0.3, -0.25) is 14.4 Å². The topological polar surface area (TPSA) is 105 Å². The molecule has 2 aliphatic rings. The summed E-state index contributed by atoms with van der Waals surface area (Å²) < 4.78 is 5.20. The predicted octanol–water partition coefficient (Wildman–Crippen LogP) is 5.69. The third-order valence-corrected chi connectivity index (χ3v) is 5.33. The highest BCUT2D eigenvalue weighted by molar-refractivity contribution is 5.86. The number of hydrogen-bond acceptors (Lipinski definition) is 4. The zero-order chi connectivity index (χ0) is 26.2. The summed E-state index contributed by atoms with van der Waals surface area (Å²) in [5.74, 6) is 0.289. The number of hydrogen-bond donors (Lipinski definition) is 2. The van der Waals surface area contributed by atoms with Crippen LogP contribution in [0.15, 0.2) is 47.3 Å². The molecule has 3 N–H and O–H groups in total. The molecule has 200 valence electrons. The first-order chi connectivity index (χ1) is 16.4. The van der Waals surface area contributed by atoms with E-state index in [4.69, 9.17) is 10.5 Å². The molecule has 0 bridgehead atoms. The van der Waals surface area contributed by atoms with Gasteiger partial charge in [0.05, 0.1) is 12.6 Å². The molecule has 1 aromatic heterocycles. The van der Waals surface area contributed by atoms with Crippen LogP contribution in [0.5, 0.6) is 5.75 Å². The fourth-order valence-electron chi connectivity index (χ4n) is 3.77. The van der Waals surface area contributed by atoms with Crippen LogP contribution >= 0.6 is 0 Å². The Morgan fingerprint density at radius 2 is 1.83 bits per heavy atom. The predicted molar refractivity (Wildman–Crippen MR) is 151 cm³/mol. The molecule has 2 heterocycles. The van der Waals surface area contributed by atoms with E-state index in [1.165, 1.54) is 11.8 Å². The summed E-state index contributed by atoms with van der Waals surface area (Å²) in [5.41, 5.74) is 8.37. The summed E-state index contributed by atoms with van der Waals surface area (Å²) in [4.78, 5) is 38.6. The van der Waals surface area contributed by atoms with Crippen molar-refractivity contribution in [2.24, 2.45) is 11.1 Å². The summed E-state index contributed by atoms with van der Waals surface area (Å²) in [6.07, 6.45) is 10.0. The number of nitrogens with two attached hydrogens (primary N) is 1. The van der Waals surface area contributed by atoms with Crippen LogP contribution < -0.4 is 15.9 Å². The number of ether oxygens (including phenoxy) is 1. The minimum atomic E-state index is -0.391. The number of methoxy groups -OCH3 is 1. The van der Waals surface area contributed by atoms with Crippen molar-refractivity contribution in [3.05, 3.63) is 58.4 Å². The number of amides is 2. The molecule has 1 atom stereocenters. The molecule has 1 fully saturated rings. The molecule has 0 unspecified atom stereocenters. The number of benzene rings is 1. The molecule has 7 heteroatoms. The van der Waals surface area contributed by atoms with Gasteiger partial charge in [-0.2, -0.15) is 0 Å². The normalized spacial score (nSPS) is 16.6. The van der Waals surface area contributed by atoms with Gasteiger partial charge in [-0.15, -0.1) is 0 Å². The number of H-pyrrole nitrogens is 1. The average molecular weight is 500 g/mol. The maximum Gasteiger partial charge on any atom is 0.240 e. The van der Waals surface area contributed by atoms with Crippen LogP contribution in [0, 0.1) is 5.41 Å². The summed E-state index contributed by atoms with van der Waals surface area (Å²) in [6.45, 7) is 10.9. The number of nitrogens with zero attached hydrogens (tertiary/aromatic N) is 1. The highest BCUT2D eigenvalue weighted by Crippen LogP contribution is 2.22. The number of aromatic nitrogens is 1. The molecule has 0 spiro atoms. The van der Waals surface area contributed by atoms with Gasteiger partial charge in [0, 0.05) is 38.1 Å². The number of primary amides is 1. The lowest BCUT2D eigenvalue weighted by Crippen LogP contribution is -2.42. The van der Waals surface area contributed by atoms with Crippen molar-refractivity contribution in [3.8, 4) is 5.75 Å². The Morgan fingerprint density at radius 3 is 2.33 bits per heavy atom. The minimum absolute atomic E-state index is 0. The van der Waals surface area contributed by atoms with Crippen molar-refractivity contribution in [1.82, 2.24) is 9.88 Å². The van der Waals surface area contributed by atoms with Gasteiger partial charge in [0.15, 0.2) is 5.43 Å². The van der Waals surface area contributed by atoms with Crippen molar-refractivity contribution in [3.63, 3.8) is 0 Å². The number of aromatic amines is 1. The Kier molecular flexibility index (Phi) is 11.6.